The zero-order chi connectivity index (χ0) is 22.7. The van der Waals surface area contributed by atoms with Gasteiger partial charge in [0.05, 0.1) is 11.7 Å². The summed E-state index contributed by atoms with van der Waals surface area (Å²) >= 11 is 0. The second-order valence-corrected chi connectivity index (χ2v) is 8.56. The molecule has 1 aromatic carbocycles. The number of carbonyl (C=O) groups excluding carboxylic acids is 1. The summed E-state index contributed by atoms with van der Waals surface area (Å²) in [5.74, 6) is 0.267. The van der Waals surface area contributed by atoms with Crippen molar-refractivity contribution in [2.45, 2.75) is 32.0 Å². The third-order valence-electron chi connectivity index (χ3n) is 6.60. The molecule has 5 heterocycles. The summed E-state index contributed by atoms with van der Waals surface area (Å²) in [6, 6.07) is 3.70. The molecule has 0 radical (unpaired) electrons. The Bertz CT molecular complexity index is 1290. The number of nitrogen functional groups attached to an aromatic ring is 1. The Kier molecular flexibility index (Phi) is 4.51. The van der Waals surface area contributed by atoms with Gasteiger partial charge in [-0.25, -0.2) is 19.2 Å². The summed E-state index contributed by atoms with van der Waals surface area (Å²) in [4.78, 5) is 23.0. The molecule has 170 valence electrons. The van der Waals surface area contributed by atoms with Gasteiger partial charge >= 0.3 is 6.09 Å². The van der Waals surface area contributed by atoms with E-state index in [1.165, 1.54) is 6.20 Å². The SMILES string of the molecule is Cc1c(-c2cc3cc(NC(=O)OC4C5CCCN54)ncc3c(N)c2F)cnc2c1NCCO2. The monoisotopic (exact) mass is 450 g/mol. The Balaban J connectivity index is 1.32. The van der Waals surface area contributed by atoms with Crippen LogP contribution in [-0.4, -0.2) is 52.9 Å². The number of rotatable bonds is 3. The standard InChI is InChI=1S/C23H23FN6O3/c1-11-14(9-28-21-20(11)26-4-6-32-21)13-7-12-8-17(27-10-15(12)19(25)18(13)24)29-23(31)33-22-16-3-2-5-30(16)22/h7-10,16,22,26H,2-6,25H2,1H3,(H,27,29,31). The molecular formula is C23H23FN6O3. The number of nitrogens with zero attached hydrogens (tertiary/aromatic N) is 3. The van der Waals surface area contributed by atoms with Gasteiger partial charge in [0, 0.05) is 42.0 Å². The number of pyridine rings is 2. The maximum absolute atomic E-state index is 15.3. The number of carbonyl (C=O) groups is 1. The normalized spacial score (nSPS) is 22.7. The summed E-state index contributed by atoms with van der Waals surface area (Å²) in [5.41, 5.74) is 8.61. The van der Waals surface area contributed by atoms with Crippen LogP contribution in [0.1, 0.15) is 18.4 Å². The third-order valence-corrected chi connectivity index (χ3v) is 6.60. The molecule has 3 aromatic rings. The van der Waals surface area contributed by atoms with Gasteiger partial charge in [-0.05, 0) is 42.8 Å². The average molecular weight is 450 g/mol. The number of amides is 1. The summed E-state index contributed by atoms with van der Waals surface area (Å²) in [5, 5.41) is 7.03. The number of fused-ring (bicyclic) bond motifs is 3. The van der Waals surface area contributed by atoms with Crippen LogP contribution in [0.15, 0.2) is 24.5 Å². The highest BCUT2D eigenvalue weighted by atomic mass is 19.1. The molecule has 2 fully saturated rings. The van der Waals surface area contributed by atoms with Gasteiger partial charge in [-0.1, -0.05) is 0 Å². The predicted molar refractivity (Wildman–Crippen MR) is 122 cm³/mol. The van der Waals surface area contributed by atoms with E-state index in [-0.39, 0.29) is 11.9 Å². The highest BCUT2D eigenvalue weighted by molar-refractivity contribution is 5.99. The van der Waals surface area contributed by atoms with E-state index >= 15 is 4.39 Å². The Hall–Kier alpha value is -3.66. The first-order valence-corrected chi connectivity index (χ1v) is 11.0. The van der Waals surface area contributed by atoms with Crippen LogP contribution in [0, 0.1) is 12.7 Å². The van der Waals surface area contributed by atoms with E-state index in [4.69, 9.17) is 15.2 Å². The summed E-state index contributed by atoms with van der Waals surface area (Å²) in [7, 11) is 0. The minimum absolute atomic E-state index is 0.0101. The second-order valence-electron chi connectivity index (χ2n) is 8.56. The third kappa shape index (κ3) is 3.29. The van der Waals surface area contributed by atoms with Crippen molar-refractivity contribution in [1.82, 2.24) is 14.9 Å². The van der Waals surface area contributed by atoms with E-state index in [0.717, 1.165) is 30.6 Å². The maximum atomic E-state index is 15.3. The quantitative estimate of drug-likeness (QED) is 0.411. The van der Waals surface area contributed by atoms with Crippen molar-refractivity contribution in [2.24, 2.45) is 0 Å². The van der Waals surface area contributed by atoms with Crippen LogP contribution < -0.4 is 21.1 Å². The van der Waals surface area contributed by atoms with Gasteiger partial charge < -0.3 is 20.5 Å². The average Bonchev–Trinajstić information content (AvgIpc) is 3.22. The van der Waals surface area contributed by atoms with Crippen molar-refractivity contribution in [2.75, 3.05) is 36.1 Å². The molecule has 0 aliphatic carbocycles. The lowest BCUT2D eigenvalue weighted by molar-refractivity contribution is 0.127. The van der Waals surface area contributed by atoms with E-state index in [2.05, 4.69) is 25.5 Å². The fraction of sp³-hybridized carbons (Fsp3) is 0.348. The highest BCUT2D eigenvalue weighted by Gasteiger charge is 2.53. The molecule has 3 aliphatic rings. The Labute approximate surface area is 189 Å². The number of benzene rings is 1. The molecule has 33 heavy (non-hydrogen) atoms. The molecule has 0 bridgehead atoms. The van der Waals surface area contributed by atoms with Crippen molar-refractivity contribution in [3.63, 3.8) is 0 Å². The molecular weight excluding hydrogens is 427 g/mol. The Morgan fingerprint density at radius 3 is 3.03 bits per heavy atom. The number of anilines is 3. The highest BCUT2D eigenvalue weighted by Crippen LogP contribution is 2.40. The smallest absolute Gasteiger partial charge is 0.414 e. The number of hydrogen-bond donors (Lipinski definition) is 3. The molecule has 3 atom stereocenters. The van der Waals surface area contributed by atoms with Crippen LogP contribution in [0.4, 0.5) is 26.4 Å². The number of piperidine rings is 1. The van der Waals surface area contributed by atoms with Gasteiger partial charge in [0.25, 0.3) is 0 Å². The molecule has 10 heteroatoms. The van der Waals surface area contributed by atoms with Crippen LogP contribution in [0.25, 0.3) is 21.9 Å². The number of nitrogens with two attached hydrogens (primary N) is 1. The molecule has 2 aromatic heterocycles. The summed E-state index contributed by atoms with van der Waals surface area (Å²) in [6.45, 7) is 4.03. The van der Waals surface area contributed by atoms with Gasteiger partial charge in [-0.3, -0.25) is 10.2 Å². The van der Waals surface area contributed by atoms with E-state index < -0.39 is 11.9 Å². The van der Waals surface area contributed by atoms with Crippen molar-refractivity contribution >= 4 is 34.1 Å². The molecule has 2 saturated heterocycles. The lowest BCUT2D eigenvalue weighted by Gasteiger charge is -2.22. The number of aromatic nitrogens is 2. The van der Waals surface area contributed by atoms with Crippen LogP contribution in [0.3, 0.4) is 0 Å². The summed E-state index contributed by atoms with van der Waals surface area (Å²) in [6.07, 6.45) is 4.53. The molecule has 0 saturated carbocycles. The molecule has 0 spiro atoms. The van der Waals surface area contributed by atoms with Crippen LogP contribution in [0.2, 0.25) is 0 Å². The first-order valence-electron chi connectivity index (χ1n) is 11.0. The van der Waals surface area contributed by atoms with Crippen LogP contribution in [0.5, 0.6) is 5.88 Å². The van der Waals surface area contributed by atoms with E-state index in [0.29, 0.717) is 52.8 Å². The number of nitrogens with one attached hydrogen (secondary N) is 2. The van der Waals surface area contributed by atoms with Gasteiger partial charge in [-0.15, -0.1) is 0 Å². The van der Waals surface area contributed by atoms with E-state index in [9.17, 15) is 4.79 Å². The summed E-state index contributed by atoms with van der Waals surface area (Å²) < 4.78 is 26.3. The maximum Gasteiger partial charge on any atom is 0.414 e. The lowest BCUT2D eigenvalue weighted by atomic mass is 9.97. The van der Waals surface area contributed by atoms with Crippen molar-refractivity contribution in [1.29, 1.82) is 0 Å². The van der Waals surface area contributed by atoms with Crippen molar-refractivity contribution in [3.05, 3.63) is 35.9 Å². The molecule has 1 amide bonds. The number of ether oxygens (including phenoxy) is 2. The first kappa shape index (κ1) is 20.0. The molecule has 3 unspecified atom stereocenters. The van der Waals surface area contributed by atoms with Gasteiger partial charge in [-0.2, -0.15) is 0 Å². The minimum Gasteiger partial charge on any atom is -0.474 e. The fourth-order valence-electron chi connectivity index (χ4n) is 4.83. The minimum atomic E-state index is -0.558. The fourth-order valence-corrected chi connectivity index (χ4v) is 4.83. The van der Waals surface area contributed by atoms with E-state index in [1.807, 2.05) is 6.92 Å². The topological polar surface area (TPSA) is 114 Å². The predicted octanol–water partition coefficient (Wildman–Crippen LogP) is 3.48. The number of halogens is 1. The van der Waals surface area contributed by atoms with Crippen molar-refractivity contribution < 1.29 is 18.7 Å². The van der Waals surface area contributed by atoms with E-state index in [1.54, 1.807) is 18.3 Å². The van der Waals surface area contributed by atoms with Gasteiger partial charge in [0.1, 0.15) is 18.1 Å². The molecule has 4 N–H and O–H groups in total. The second kappa shape index (κ2) is 7.45. The molecule has 6 rings (SSSR count). The zero-order valence-corrected chi connectivity index (χ0v) is 18.0. The Morgan fingerprint density at radius 1 is 1.33 bits per heavy atom. The molecule has 9 nitrogen and oxygen atoms in total. The first-order chi connectivity index (χ1) is 16.0. The van der Waals surface area contributed by atoms with Crippen LogP contribution >= 0.6 is 0 Å². The zero-order valence-electron chi connectivity index (χ0n) is 18.0. The lowest BCUT2D eigenvalue weighted by Crippen LogP contribution is -2.20. The number of hydrogen-bond acceptors (Lipinski definition) is 8. The van der Waals surface area contributed by atoms with Gasteiger partial charge in [0.15, 0.2) is 12.0 Å². The van der Waals surface area contributed by atoms with Crippen molar-refractivity contribution in [3.8, 4) is 17.0 Å². The van der Waals surface area contributed by atoms with Gasteiger partial charge in [0.2, 0.25) is 5.88 Å². The van der Waals surface area contributed by atoms with Crippen LogP contribution in [-0.2, 0) is 4.74 Å². The Morgan fingerprint density at radius 2 is 2.21 bits per heavy atom. The molecule has 3 aliphatic heterocycles. The largest absolute Gasteiger partial charge is 0.474 e.